The summed E-state index contributed by atoms with van der Waals surface area (Å²) in [5, 5.41) is 3.37. The number of rotatable bonds is 6. The Balaban J connectivity index is 1.20. The maximum atomic E-state index is 8.83. The number of fused-ring (bicyclic) bond motifs is 2. The average molecular weight is 648 g/mol. The molecule has 0 saturated heterocycles. The summed E-state index contributed by atoms with van der Waals surface area (Å²) in [6.45, 7) is 0. The Kier molecular flexibility index (Phi) is 5.24. The van der Waals surface area contributed by atoms with Crippen LogP contribution in [0.5, 0.6) is 0 Å². The highest BCUT2D eigenvalue weighted by Gasteiger charge is 2.16. The summed E-state index contributed by atoms with van der Waals surface area (Å²) < 4.78 is 83.9. The molecule has 0 saturated carbocycles. The Morgan fingerprint density at radius 2 is 0.880 bits per heavy atom. The van der Waals surface area contributed by atoms with Crippen LogP contribution >= 0.6 is 0 Å². The molecule has 8 aromatic carbocycles. The van der Waals surface area contributed by atoms with Gasteiger partial charge in [-0.1, -0.05) is 170 Å². The van der Waals surface area contributed by atoms with Crippen LogP contribution in [-0.4, -0.2) is 15.0 Å². The van der Waals surface area contributed by atoms with Crippen molar-refractivity contribution in [3.8, 4) is 67.5 Å². The third kappa shape index (κ3) is 5.61. The Labute approximate surface area is 305 Å². The largest absolute Gasteiger partial charge is 0.208 e. The van der Waals surface area contributed by atoms with E-state index in [1.54, 1.807) is 18.2 Å². The van der Waals surface area contributed by atoms with E-state index in [1.807, 2.05) is 109 Å². The van der Waals surface area contributed by atoms with E-state index in [1.165, 1.54) is 0 Å². The predicted molar refractivity (Wildman–Crippen MR) is 207 cm³/mol. The van der Waals surface area contributed by atoms with Gasteiger partial charge in [0, 0.05) is 16.7 Å². The molecule has 0 spiro atoms. The van der Waals surface area contributed by atoms with E-state index in [-0.39, 0.29) is 35.3 Å². The molecule has 0 aliphatic rings. The van der Waals surface area contributed by atoms with Crippen molar-refractivity contribution < 1.29 is 13.7 Å². The summed E-state index contributed by atoms with van der Waals surface area (Å²) in [5.41, 5.74) is 4.81. The lowest BCUT2D eigenvalue weighted by Gasteiger charge is -2.15. The van der Waals surface area contributed by atoms with Crippen molar-refractivity contribution in [1.82, 2.24) is 15.0 Å². The first-order chi connectivity index (χ1) is 28.9. The minimum Gasteiger partial charge on any atom is -0.208 e. The molecule has 3 nitrogen and oxygen atoms in total. The molecule has 0 aliphatic heterocycles. The van der Waals surface area contributed by atoms with E-state index in [9.17, 15) is 0 Å². The number of hydrogen-bond donors (Lipinski definition) is 0. The Hall–Kier alpha value is -6.71. The van der Waals surface area contributed by atoms with Crippen molar-refractivity contribution >= 4 is 21.5 Å². The fraction of sp³-hybridized carbons (Fsp3) is 0. The zero-order valence-corrected chi connectivity index (χ0v) is 26.5. The first kappa shape index (κ1) is 20.6. The lowest BCUT2D eigenvalue weighted by Crippen LogP contribution is -2.00. The molecule has 234 valence electrons. The SMILES string of the molecule is [2H]c1c([2H])c([2H])c(-c2ccc3cc(-c4nc(-c5ccccc5)nc(-c5cccc(-c6c(-c7c([2H])c([2H])c([2H])c([2H])c7[2H])ccc7ccccc67)c5)n4)ccc3c2)c([2H])c1[2H]. The van der Waals surface area contributed by atoms with Gasteiger partial charge < -0.3 is 0 Å². The van der Waals surface area contributed by atoms with E-state index in [2.05, 4.69) is 0 Å². The van der Waals surface area contributed by atoms with Crippen LogP contribution in [0.2, 0.25) is 0 Å². The van der Waals surface area contributed by atoms with Crippen LogP contribution in [0.15, 0.2) is 188 Å². The molecule has 9 rings (SSSR count). The van der Waals surface area contributed by atoms with Crippen LogP contribution in [0, 0.1) is 0 Å². The third-order valence-electron chi connectivity index (χ3n) is 8.66. The van der Waals surface area contributed by atoms with E-state index in [4.69, 9.17) is 28.7 Å². The quantitative estimate of drug-likeness (QED) is 0.180. The molecular weight excluding hydrogens is 607 g/mol. The van der Waals surface area contributed by atoms with Crippen molar-refractivity contribution in [2.45, 2.75) is 0 Å². The van der Waals surface area contributed by atoms with Gasteiger partial charge in [0.05, 0.1) is 13.7 Å². The van der Waals surface area contributed by atoms with Gasteiger partial charge in [-0.3, -0.25) is 0 Å². The minimum absolute atomic E-state index is 0.109. The number of hydrogen-bond acceptors (Lipinski definition) is 3. The fourth-order valence-corrected chi connectivity index (χ4v) is 6.27. The maximum Gasteiger partial charge on any atom is 0.164 e. The van der Waals surface area contributed by atoms with Gasteiger partial charge in [-0.25, -0.2) is 15.0 Å². The van der Waals surface area contributed by atoms with Crippen molar-refractivity contribution in [2.75, 3.05) is 0 Å². The molecule has 0 fully saturated rings. The van der Waals surface area contributed by atoms with Crippen molar-refractivity contribution in [3.05, 3.63) is 188 Å². The van der Waals surface area contributed by atoms with Gasteiger partial charge in [-0.2, -0.15) is 0 Å². The van der Waals surface area contributed by atoms with E-state index >= 15 is 0 Å². The first-order valence-corrected chi connectivity index (χ1v) is 16.0. The topological polar surface area (TPSA) is 38.7 Å². The highest BCUT2D eigenvalue weighted by Crippen LogP contribution is 2.39. The zero-order valence-electron chi connectivity index (χ0n) is 36.5. The predicted octanol–water partition coefficient (Wildman–Crippen LogP) is 12.2. The summed E-state index contributed by atoms with van der Waals surface area (Å²) in [4.78, 5) is 14.9. The molecule has 1 aromatic heterocycles. The Morgan fingerprint density at radius 1 is 0.340 bits per heavy atom. The second kappa shape index (κ2) is 12.7. The van der Waals surface area contributed by atoms with Crippen LogP contribution < -0.4 is 0 Å². The lowest BCUT2D eigenvalue weighted by molar-refractivity contribution is 1.07. The van der Waals surface area contributed by atoms with Crippen LogP contribution in [0.25, 0.3) is 89.1 Å². The summed E-state index contributed by atoms with van der Waals surface area (Å²) >= 11 is 0. The molecule has 0 amide bonds. The highest BCUT2D eigenvalue weighted by molar-refractivity contribution is 6.04. The van der Waals surface area contributed by atoms with Gasteiger partial charge >= 0.3 is 0 Å². The van der Waals surface area contributed by atoms with E-state index in [0.29, 0.717) is 45.3 Å². The summed E-state index contributed by atoms with van der Waals surface area (Å²) in [7, 11) is 0. The van der Waals surface area contributed by atoms with Crippen LogP contribution in [-0.2, 0) is 0 Å². The van der Waals surface area contributed by atoms with Gasteiger partial charge in [-0.05, 0) is 73.1 Å². The molecule has 0 atom stereocenters. The average Bonchev–Trinajstić information content (AvgIpc) is 3.28. The highest BCUT2D eigenvalue weighted by atomic mass is 15.0. The van der Waals surface area contributed by atoms with E-state index < -0.39 is 36.3 Å². The minimum atomic E-state index is -0.456. The van der Waals surface area contributed by atoms with Gasteiger partial charge in [0.1, 0.15) is 0 Å². The van der Waals surface area contributed by atoms with Gasteiger partial charge in [0.2, 0.25) is 0 Å². The Morgan fingerprint density at radius 3 is 1.62 bits per heavy atom. The van der Waals surface area contributed by atoms with Gasteiger partial charge in [0.25, 0.3) is 0 Å². The summed E-state index contributed by atoms with van der Waals surface area (Å²) in [5.74, 6) is 1.25. The first-order valence-electron chi connectivity index (χ1n) is 21.0. The second-order valence-corrected chi connectivity index (χ2v) is 11.7. The lowest BCUT2D eigenvalue weighted by atomic mass is 9.89. The second-order valence-electron chi connectivity index (χ2n) is 11.7. The van der Waals surface area contributed by atoms with Crippen molar-refractivity contribution in [3.63, 3.8) is 0 Å². The molecule has 0 bridgehead atoms. The van der Waals surface area contributed by atoms with E-state index in [0.717, 1.165) is 32.7 Å². The number of benzene rings is 8. The number of aromatic nitrogens is 3. The van der Waals surface area contributed by atoms with Gasteiger partial charge in [0.15, 0.2) is 17.5 Å². The summed E-state index contributed by atoms with van der Waals surface area (Å²) in [6, 6.07) is 36.1. The van der Waals surface area contributed by atoms with Crippen molar-refractivity contribution in [2.24, 2.45) is 0 Å². The smallest absolute Gasteiger partial charge is 0.164 e. The third-order valence-corrected chi connectivity index (χ3v) is 8.66. The molecular formula is C47H31N3. The molecule has 50 heavy (non-hydrogen) atoms. The van der Waals surface area contributed by atoms with Crippen LogP contribution in [0.3, 0.4) is 0 Å². The molecule has 0 unspecified atom stereocenters. The van der Waals surface area contributed by atoms with Crippen LogP contribution in [0.4, 0.5) is 0 Å². The molecule has 0 N–H and O–H groups in total. The molecule has 0 aliphatic carbocycles. The fourth-order valence-electron chi connectivity index (χ4n) is 6.27. The molecule has 9 aromatic rings. The maximum absolute atomic E-state index is 8.83. The van der Waals surface area contributed by atoms with Gasteiger partial charge in [-0.15, -0.1) is 0 Å². The molecule has 0 radical (unpaired) electrons. The number of nitrogens with zero attached hydrogens (tertiary/aromatic N) is 3. The van der Waals surface area contributed by atoms with Crippen LogP contribution in [0.1, 0.15) is 13.7 Å². The monoisotopic (exact) mass is 647 g/mol. The van der Waals surface area contributed by atoms with Crippen molar-refractivity contribution in [1.29, 1.82) is 0 Å². The standard InChI is InChI=1S/C47H31N3/c1-4-13-32(14-5-1)36-23-24-38-30-41(26-25-37(38)29-36)47-49-45(35-18-8-3-9-19-35)48-46(50-47)40-21-12-20-39(31-40)44-42-22-11-10-17-34(42)27-28-43(44)33-15-6-2-7-16-33/h1-31H/i1D,2D,4D,5D,6D,7D,13D,14D,15D,16D. The zero-order chi connectivity index (χ0) is 42.0. The molecule has 3 heteroatoms. The normalized spacial score (nSPS) is 14.0. The summed E-state index contributed by atoms with van der Waals surface area (Å²) in [6.07, 6.45) is 0. The Bertz CT molecular complexity index is 3170. The molecule has 1 heterocycles.